The van der Waals surface area contributed by atoms with Crippen molar-refractivity contribution < 1.29 is 21.3 Å². The second-order valence-corrected chi connectivity index (χ2v) is 11.1. The average Bonchev–Trinajstić information content (AvgIpc) is 2.95. The van der Waals surface area contributed by atoms with E-state index >= 15 is 0 Å². The van der Waals surface area contributed by atoms with Crippen molar-refractivity contribution in [1.82, 2.24) is 0 Å². The molecule has 0 N–H and O–H groups in total. The summed E-state index contributed by atoms with van der Waals surface area (Å²) in [7, 11) is 6.31. The molecule has 0 saturated heterocycles. The van der Waals surface area contributed by atoms with Gasteiger partial charge in [-0.25, -0.2) is 8.42 Å². The number of halogens is 3. The maximum Gasteiger partial charge on any atom is 0.317 e. The van der Waals surface area contributed by atoms with E-state index in [1.807, 2.05) is 42.5 Å². The van der Waals surface area contributed by atoms with Crippen molar-refractivity contribution in [1.29, 1.82) is 0 Å². The Labute approximate surface area is 164 Å². The smallest absolute Gasteiger partial charge is 0.317 e. The summed E-state index contributed by atoms with van der Waals surface area (Å²) < 4.78 is 45.8. The lowest BCUT2D eigenvalue weighted by molar-refractivity contribution is 0.617. The minimum absolute atomic E-state index is 0.749. The largest absolute Gasteiger partial charge is 0.456 e. The molecule has 0 unspecified atom stereocenters. The lowest BCUT2D eigenvalue weighted by atomic mass is 10.1. The molecule has 0 spiro atoms. The summed E-state index contributed by atoms with van der Waals surface area (Å²) in [5.74, 6) is 0.775. The first-order valence-corrected chi connectivity index (χ1v) is 12.4. The van der Waals surface area contributed by atoms with Crippen LogP contribution in [0.4, 0.5) is 0 Å². The maximum absolute atomic E-state index is 10.9. The fourth-order valence-electron chi connectivity index (χ4n) is 2.04. The predicted octanol–water partition coefficient (Wildman–Crippen LogP) is 5.35. The molecule has 138 valence electrons. The third-order valence-corrected chi connectivity index (χ3v) is 3.81. The van der Waals surface area contributed by atoms with Crippen LogP contribution in [0.1, 0.15) is 5.56 Å². The van der Waals surface area contributed by atoms with Crippen LogP contribution in [-0.2, 0) is 17.3 Å². The van der Waals surface area contributed by atoms with Crippen molar-refractivity contribution >= 4 is 66.4 Å². The number of furan rings is 1. The van der Waals surface area contributed by atoms with Gasteiger partial charge in [-0.05, 0) is 23.8 Å². The van der Waals surface area contributed by atoms with Gasteiger partial charge in [0, 0.05) is 48.4 Å². The molecule has 0 radical (unpaired) electrons. The van der Waals surface area contributed by atoms with E-state index in [0.29, 0.717) is 0 Å². The molecule has 0 aliphatic rings. The molecule has 0 aliphatic carbocycles. The Morgan fingerprint density at radius 1 is 0.846 bits per heavy atom. The van der Waals surface area contributed by atoms with E-state index in [-0.39, 0.29) is 0 Å². The molecular formula is C16H11Cl3O5S2. The zero-order valence-electron chi connectivity index (χ0n) is 12.8. The highest BCUT2D eigenvalue weighted by molar-refractivity contribution is 8.31. The zero-order valence-corrected chi connectivity index (χ0v) is 16.7. The third kappa shape index (κ3) is 7.39. The van der Waals surface area contributed by atoms with Gasteiger partial charge in [0.25, 0.3) is 9.05 Å². The Kier molecular flexibility index (Phi) is 6.76. The van der Waals surface area contributed by atoms with E-state index in [2.05, 4.69) is 21.4 Å². The SMILES string of the molecule is O=S(=O)(Cl)/C=C/c1ccc(-c2cc3ccccc3o2)cc1.O=S(=O)(Cl)Cl. The van der Waals surface area contributed by atoms with Gasteiger partial charge in [0.05, 0.1) is 0 Å². The van der Waals surface area contributed by atoms with E-state index in [1.54, 1.807) is 12.1 Å². The second kappa shape index (κ2) is 8.45. The molecule has 0 bridgehead atoms. The Balaban J connectivity index is 0.000000431. The van der Waals surface area contributed by atoms with Crippen LogP contribution < -0.4 is 0 Å². The number of rotatable bonds is 3. The minimum Gasteiger partial charge on any atom is -0.456 e. The van der Waals surface area contributed by atoms with Crippen LogP contribution in [0.2, 0.25) is 0 Å². The van der Waals surface area contributed by atoms with Gasteiger partial charge >= 0.3 is 8.26 Å². The number of hydrogen-bond acceptors (Lipinski definition) is 5. The van der Waals surface area contributed by atoms with Crippen LogP contribution in [-0.4, -0.2) is 16.8 Å². The van der Waals surface area contributed by atoms with E-state index in [1.165, 1.54) is 6.08 Å². The molecule has 1 heterocycles. The highest BCUT2D eigenvalue weighted by Gasteiger charge is 2.05. The monoisotopic (exact) mass is 452 g/mol. The molecular weight excluding hydrogens is 443 g/mol. The summed E-state index contributed by atoms with van der Waals surface area (Å²) in [6.07, 6.45) is 1.45. The van der Waals surface area contributed by atoms with E-state index in [4.69, 9.17) is 23.5 Å². The zero-order chi connectivity index (χ0) is 19.4. The summed E-state index contributed by atoms with van der Waals surface area (Å²) in [5, 5.41) is 2.01. The topological polar surface area (TPSA) is 81.4 Å². The fourth-order valence-corrected chi connectivity index (χ4v) is 2.52. The normalized spacial score (nSPS) is 12.1. The lowest BCUT2D eigenvalue weighted by Crippen LogP contribution is -1.80. The summed E-state index contributed by atoms with van der Waals surface area (Å²) >= 11 is 0. The van der Waals surface area contributed by atoms with Gasteiger partial charge in [0.2, 0.25) is 0 Å². The van der Waals surface area contributed by atoms with E-state index in [9.17, 15) is 8.42 Å². The molecule has 0 atom stereocenters. The van der Waals surface area contributed by atoms with Crippen LogP contribution in [0.15, 0.2) is 64.4 Å². The average molecular weight is 454 g/mol. The molecule has 3 rings (SSSR count). The van der Waals surface area contributed by atoms with Crippen LogP contribution in [0.25, 0.3) is 28.4 Å². The Morgan fingerprint density at radius 3 is 1.96 bits per heavy atom. The highest BCUT2D eigenvalue weighted by atomic mass is 36.0. The van der Waals surface area contributed by atoms with Crippen molar-refractivity contribution in [3.8, 4) is 11.3 Å². The van der Waals surface area contributed by atoms with Crippen LogP contribution in [0, 0.1) is 0 Å². The molecule has 26 heavy (non-hydrogen) atoms. The minimum atomic E-state index is -3.72. The van der Waals surface area contributed by atoms with Gasteiger partial charge < -0.3 is 4.42 Å². The summed E-state index contributed by atoms with van der Waals surface area (Å²) in [4.78, 5) is 0. The molecule has 0 fully saturated rings. The number of para-hydroxylation sites is 1. The lowest BCUT2D eigenvalue weighted by Gasteiger charge is -1.97. The molecule has 0 saturated carbocycles. The van der Waals surface area contributed by atoms with E-state index < -0.39 is 17.3 Å². The van der Waals surface area contributed by atoms with Crippen LogP contribution in [0.5, 0.6) is 0 Å². The first kappa shape index (κ1) is 20.8. The van der Waals surface area contributed by atoms with Crippen molar-refractivity contribution in [2.75, 3.05) is 0 Å². The Bertz CT molecular complexity index is 1090. The van der Waals surface area contributed by atoms with Crippen molar-refractivity contribution in [3.63, 3.8) is 0 Å². The number of hydrogen-bond donors (Lipinski definition) is 0. The van der Waals surface area contributed by atoms with Gasteiger partial charge in [-0.15, -0.1) is 0 Å². The van der Waals surface area contributed by atoms with Gasteiger partial charge in [-0.3, -0.25) is 0 Å². The third-order valence-electron chi connectivity index (χ3n) is 3.04. The molecule has 1 aromatic heterocycles. The molecule has 3 aromatic rings. The fraction of sp³-hybridized carbons (Fsp3) is 0. The molecule has 10 heteroatoms. The standard InChI is InChI=1S/C16H11ClO3S.Cl2O2S/c17-21(18,19)10-9-12-5-7-13(8-6-12)16-11-14-3-1-2-4-15(14)20-16;1-5(2,3)4/h1-11H;/b10-9+;. The first-order valence-electron chi connectivity index (χ1n) is 6.87. The second-order valence-electron chi connectivity index (χ2n) is 4.93. The van der Waals surface area contributed by atoms with Crippen molar-refractivity contribution in [3.05, 3.63) is 65.6 Å². The first-order chi connectivity index (χ1) is 12.0. The van der Waals surface area contributed by atoms with Crippen molar-refractivity contribution in [2.45, 2.75) is 0 Å². The summed E-state index contributed by atoms with van der Waals surface area (Å²) in [5.41, 5.74) is 2.51. The molecule has 5 nitrogen and oxygen atoms in total. The number of fused-ring (bicyclic) bond motifs is 1. The van der Waals surface area contributed by atoms with Gasteiger partial charge in [0.1, 0.15) is 11.3 Å². The van der Waals surface area contributed by atoms with Crippen molar-refractivity contribution in [2.24, 2.45) is 0 Å². The van der Waals surface area contributed by atoms with Crippen LogP contribution in [0.3, 0.4) is 0 Å². The highest BCUT2D eigenvalue weighted by Crippen LogP contribution is 2.27. The maximum atomic E-state index is 10.9. The quantitative estimate of drug-likeness (QED) is 0.499. The van der Waals surface area contributed by atoms with Crippen LogP contribution >= 0.6 is 32.0 Å². The molecule has 2 aromatic carbocycles. The summed E-state index contributed by atoms with van der Waals surface area (Å²) in [6.45, 7) is 0. The van der Waals surface area contributed by atoms with Gasteiger partial charge in [-0.1, -0.05) is 42.5 Å². The molecule has 0 amide bonds. The Morgan fingerprint density at radius 2 is 1.42 bits per heavy atom. The predicted molar refractivity (Wildman–Crippen MR) is 106 cm³/mol. The number of benzene rings is 2. The van der Waals surface area contributed by atoms with E-state index in [0.717, 1.165) is 33.3 Å². The molecule has 0 aliphatic heterocycles. The summed E-state index contributed by atoms with van der Waals surface area (Å²) in [6, 6.07) is 17.1. The van der Waals surface area contributed by atoms with Gasteiger partial charge in [0.15, 0.2) is 0 Å². The Hall–Kier alpha value is -1.51. The van der Waals surface area contributed by atoms with Gasteiger partial charge in [-0.2, -0.15) is 8.42 Å².